The van der Waals surface area contributed by atoms with Gasteiger partial charge in [-0.25, -0.2) is 0 Å². The van der Waals surface area contributed by atoms with E-state index in [0.29, 0.717) is 0 Å². The van der Waals surface area contributed by atoms with Crippen molar-refractivity contribution in [3.05, 3.63) is 0 Å². The summed E-state index contributed by atoms with van der Waals surface area (Å²) in [5.74, 6) is 0. The van der Waals surface area contributed by atoms with Crippen molar-refractivity contribution in [1.29, 1.82) is 0 Å². The van der Waals surface area contributed by atoms with Gasteiger partial charge in [-0.05, 0) is 0 Å². The van der Waals surface area contributed by atoms with Crippen LogP contribution in [-0.4, -0.2) is 70.9 Å². The van der Waals surface area contributed by atoms with Gasteiger partial charge in [-0.2, -0.15) is 0 Å². The SMILES string of the molecule is [Li][CH2]CCCCCCCCC[CH]([Li])CCCC[CH]([Li])CCC[CH2][Li]. The first-order valence-corrected chi connectivity index (χ1v) is 11.7. The summed E-state index contributed by atoms with van der Waals surface area (Å²) in [5.41, 5.74) is 0. The Hall–Kier alpha value is 2.39. The Bertz CT molecular complexity index is 236. The van der Waals surface area contributed by atoms with Crippen LogP contribution in [-0.2, 0) is 0 Å². The summed E-state index contributed by atoms with van der Waals surface area (Å²) >= 11 is 9.55. The van der Waals surface area contributed by atoms with Gasteiger partial charge >= 0.3 is 193 Å². The van der Waals surface area contributed by atoms with Gasteiger partial charge in [0.15, 0.2) is 0 Å². The second-order valence-electron chi connectivity index (χ2n) is 8.61. The number of hydrogen-bond donors (Lipinski definition) is 0. The molecule has 24 heavy (non-hydrogen) atoms. The molecule has 0 aliphatic carbocycles. The number of hydrogen-bond acceptors (Lipinski definition) is 0. The van der Waals surface area contributed by atoms with Crippen LogP contribution in [0.3, 0.4) is 0 Å². The standard InChI is InChI=1S/C20H38.4Li/c1-3-5-7-9-11-13-15-17-19-20-18-16-14-12-10-8-6-4-2;;;;/h9,19H,1-8,10-18,20H2;;;;. The first kappa shape index (κ1) is 26.4. The Morgan fingerprint density at radius 1 is 0.375 bits per heavy atom. The van der Waals surface area contributed by atoms with E-state index in [4.69, 9.17) is 0 Å². The van der Waals surface area contributed by atoms with Gasteiger partial charge in [0.1, 0.15) is 0 Å². The Labute approximate surface area is 191 Å². The summed E-state index contributed by atoms with van der Waals surface area (Å²) in [4.78, 5) is 0. The van der Waals surface area contributed by atoms with Crippen LogP contribution < -0.4 is 0 Å². The molecule has 0 amide bonds. The quantitative estimate of drug-likeness (QED) is 0.194. The summed E-state index contributed by atoms with van der Waals surface area (Å²) in [7, 11) is 0. The molecule has 0 bridgehead atoms. The molecule has 0 heterocycles. The molecule has 0 spiro atoms. The van der Waals surface area contributed by atoms with Crippen molar-refractivity contribution in [2.24, 2.45) is 0 Å². The Kier molecular flexibility index (Phi) is 23.8. The predicted octanol–water partition coefficient (Wildman–Crippen LogP) is 6.32. The van der Waals surface area contributed by atoms with Gasteiger partial charge in [0.2, 0.25) is 0 Å². The van der Waals surface area contributed by atoms with Crippen LogP contribution in [0.25, 0.3) is 0 Å². The topological polar surface area (TPSA) is 0 Å². The van der Waals surface area contributed by atoms with E-state index in [9.17, 15) is 0 Å². The average molecular weight is 306 g/mol. The van der Waals surface area contributed by atoms with Crippen LogP contribution in [0.2, 0.25) is 19.4 Å². The minimum absolute atomic E-state index is 0.962. The fourth-order valence-corrected chi connectivity index (χ4v) is 3.82. The third-order valence-electron chi connectivity index (χ3n) is 5.74. The predicted molar refractivity (Wildman–Crippen MR) is 114 cm³/mol. The number of unbranched alkanes of at least 4 members (excludes halogenated alkanes) is 9. The molecular formula is C20H38Li4. The number of rotatable bonds is 19. The molecule has 0 aliphatic rings. The average Bonchev–Trinajstić information content (AvgIpc) is 2.57. The molecule has 0 radical (unpaired) electrons. The van der Waals surface area contributed by atoms with Crippen LogP contribution in [0.4, 0.5) is 0 Å². The molecule has 0 nitrogen and oxygen atoms in total. The second-order valence-corrected chi connectivity index (χ2v) is 8.61. The Morgan fingerprint density at radius 3 is 1.04 bits per heavy atom. The molecule has 0 aromatic heterocycles. The van der Waals surface area contributed by atoms with E-state index >= 15 is 0 Å². The zero-order chi connectivity index (χ0) is 17.9. The molecular weight excluding hydrogens is 268 g/mol. The van der Waals surface area contributed by atoms with Gasteiger partial charge in [-0.1, -0.05) is 0 Å². The molecule has 0 N–H and O–H groups in total. The van der Waals surface area contributed by atoms with Gasteiger partial charge in [-0.15, -0.1) is 0 Å². The molecule has 4 heteroatoms. The first-order valence-electron chi connectivity index (χ1n) is 11.7. The molecule has 122 valence electrons. The molecule has 0 aromatic carbocycles. The van der Waals surface area contributed by atoms with E-state index in [1.165, 1.54) is 113 Å². The van der Waals surface area contributed by atoms with Crippen molar-refractivity contribution in [2.45, 2.75) is 122 Å². The van der Waals surface area contributed by atoms with Crippen LogP contribution in [0, 0.1) is 0 Å². The van der Waals surface area contributed by atoms with Gasteiger partial charge < -0.3 is 0 Å². The summed E-state index contributed by atoms with van der Waals surface area (Å²) in [6.07, 6.45) is 23.5. The van der Waals surface area contributed by atoms with Crippen LogP contribution in [0.5, 0.6) is 0 Å². The molecule has 2 atom stereocenters. The van der Waals surface area contributed by atoms with E-state index in [1.807, 2.05) is 0 Å². The van der Waals surface area contributed by atoms with Crippen molar-refractivity contribution >= 4 is 70.9 Å². The monoisotopic (exact) mass is 306 g/mol. The van der Waals surface area contributed by atoms with Crippen molar-refractivity contribution in [3.63, 3.8) is 0 Å². The Balaban J connectivity index is 3.25. The zero-order valence-corrected chi connectivity index (χ0v) is 17.9. The zero-order valence-electron chi connectivity index (χ0n) is 17.9. The Morgan fingerprint density at radius 2 is 0.625 bits per heavy atom. The van der Waals surface area contributed by atoms with Crippen molar-refractivity contribution in [3.8, 4) is 0 Å². The third kappa shape index (κ3) is 20.7. The van der Waals surface area contributed by atoms with Crippen molar-refractivity contribution < 1.29 is 0 Å². The second kappa shape index (κ2) is 21.7. The molecule has 0 saturated heterocycles. The molecule has 0 rings (SSSR count). The molecule has 2 unspecified atom stereocenters. The van der Waals surface area contributed by atoms with E-state index in [-0.39, 0.29) is 0 Å². The van der Waals surface area contributed by atoms with Crippen LogP contribution in [0.15, 0.2) is 0 Å². The van der Waals surface area contributed by atoms with Gasteiger partial charge in [0.05, 0.1) is 0 Å². The molecule has 0 fully saturated rings. The van der Waals surface area contributed by atoms with Crippen LogP contribution in [0.1, 0.15) is 103 Å². The summed E-state index contributed by atoms with van der Waals surface area (Å²) in [6, 6.07) is 0. The van der Waals surface area contributed by atoms with E-state index in [2.05, 4.69) is 70.9 Å². The van der Waals surface area contributed by atoms with E-state index < -0.39 is 0 Å². The third-order valence-corrected chi connectivity index (χ3v) is 5.74. The fraction of sp³-hybridized carbons (Fsp3) is 1.00. The van der Waals surface area contributed by atoms with Crippen molar-refractivity contribution in [2.75, 3.05) is 0 Å². The van der Waals surface area contributed by atoms with Gasteiger partial charge in [0, 0.05) is 0 Å². The van der Waals surface area contributed by atoms with Crippen LogP contribution >= 0.6 is 0 Å². The normalized spacial score (nSPS) is 14.2. The van der Waals surface area contributed by atoms with E-state index in [1.54, 1.807) is 0 Å². The fourth-order valence-electron chi connectivity index (χ4n) is 3.82. The maximum absolute atomic E-state index is 2.48. The molecule has 0 aromatic rings. The summed E-state index contributed by atoms with van der Waals surface area (Å²) in [5, 5.41) is 2.73. The minimum atomic E-state index is 0.962. The maximum atomic E-state index is 2.48. The van der Waals surface area contributed by atoms with E-state index in [0.717, 1.165) is 9.18 Å². The summed E-state index contributed by atoms with van der Waals surface area (Å²) < 4.78 is 1.93. The summed E-state index contributed by atoms with van der Waals surface area (Å²) in [6.45, 7) is 0. The molecule has 0 aliphatic heterocycles. The van der Waals surface area contributed by atoms with Gasteiger partial charge in [-0.3, -0.25) is 0 Å². The van der Waals surface area contributed by atoms with Crippen molar-refractivity contribution in [1.82, 2.24) is 0 Å². The molecule has 0 saturated carbocycles. The first-order chi connectivity index (χ1) is 11.7. The van der Waals surface area contributed by atoms with Gasteiger partial charge in [0.25, 0.3) is 0 Å².